The van der Waals surface area contributed by atoms with Gasteiger partial charge in [0.15, 0.2) is 11.2 Å². The molecule has 6 heteroatoms. The van der Waals surface area contributed by atoms with Crippen molar-refractivity contribution in [2.45, 2.75) is 26.4 Å². The molecule has 0 N–H and O–H groups in total. The lowest BCUT2D eigenvalue weighted by Gasteiger charge is -2.15. The zero-order valence-corrected chi connectivity index (χ0v) is 18.4. The van der Waals surface area contributed by atoms with Crippen molar-refractivity contribution in [1.29, 1.82) is 0 Å². The number of nitrogens with zero attached hydrogens (tertiary/aromatic N) is 2. The van der Waals surface area contributed by atoms with Crippen LogP contribution in [-0.2, 0) is 20.7 Å². The van der Waals surface area contributed by atoms with Gasteiger partial charge in [-0.15, -0.1) is 0 Å². The van der Waals surface area contributed by atoms with Crippen molar-refractivity contribution in [2.75, 3.05) is 31.7 Å². The number of aromatic nitrogens is 1. The number of ether oxygens (including phenoxy) is 2. The lowest BCUT2D eigenvalue weighted by atomic mass is 10.1. The molecule has 0 amide bonds. The minimum atomic E-state index is -0.575. The predicted molar refractivity (Wildman–Crippen MR) is 122 cm³/mol. The topological polar surface area (TPSA) is 51.7 Å². The number of hydrogen-bond acceptors (Lipinski definition) is 6. The summed E-state index contributed by atoms with van der Waals surface area (Å²) in [6, 6.07) is 16.0. The lowest BCUT2D eigenvalue weighted by Crippen LogP contribution is -2.28. The van der Waals surface area contributed by atoms with Crippen LogP contribution in [0.5, 0.6) is 0 Å². The fourth-order valence-electron chi connectivity index (χ4n) is 2.94. The first-order valence-electron chi connectivity index (χ1n) is 10.0. The van der Waals surface area contributed by atoms with Gasteiger partial charge in [-0.3, -0.25) is 0 Å². The molecular formula is C24H26N2O3S. The number of carbonyl (C=O) groups excluding carboxylic acids is 1. The van der Waals surface area contributed by atoms with Crippen LogP contribution in [-0.4, -0.2) is 43.9 Å². The van der Waals surface area contributed by atoms with Crippen LogP contribution >= 0.6 is 11.3 Å². The van der Waals surface area contributed by atoms with E-state index in [1.165, 1.54) is 4.70 Å². The molecule has 3 rings (SSSR count). The molecule has 0 bridgehead atoms. The Balaban J connectivity index is 1.59. The number of carbonyl (C=O) groups is 1. The van der Waals surface area contributed by atoms with E-state index in [2.05, 4.69) is 27.8 Å². The van der Waals surface area contributed by atoms with Gasteiger partial charge in [-0.05, 0) is 43.7 Å². The van der Waals surface area contributed by atoms with Crippen LogP contribution in [0, 0.1) is 11.8 Å². The predicted octanol–water partition coefficient (Wildman–Crippen LogP) is 4.29. The largest absolute Gasteiger partial charge is 0.464 e. The molecule has 0 aliphatic heterocycles. The van der Waals surface area contributed by atoms with Crippen LogP contribution in [0.3, 0.4) is 0 Å². The van der Waals surface area contributed by atoms with Gasteiger partial charge in [0.1, 0.15) is 0 Å². The Labute approximate surface area is 181 Å². The van der Waals surface area contributed by atoms with Crippen molar-refractivity contribution in [3.8, 4) is 11.8 Å². The third-order valence-corrected chi connectivity index (χ3v) is 5.60. The van der Waals surface area contributed by atoms with Crippen LogP contribution in [0.25, 0.3) is 10.2 Å². The Bertz CT molecular complexity index is 1000. The first-order valence-corrected chi connectivity index (χ1v) is 10.8. The second-order valence-corrected chi connectivity index (χ2v) is 7.73. The number of benzene rings is 2. The summed E-state index contributed by atoms with van der Waals surface area (Å²) >= 11 is 1.67. The standard InChI is InChI=1S/C24H26N2O3S/c1-4-28-21(23(27)29-5-2)17-19-14-12-18(13-15-19)9-8-16-26(3)24-25-20-10-6-7-11-22(20)30-24/h6-7,10-15,21H,4-5,16-17H2,1-3H3. The summed E-state index contributed by atoms with van der Waals surface area (Å²) in [6.45, 7) is 5.08. The van der Waals surface area contributed by atoms with Crippen LogP contribution in [0.15, 0.2) is 48.5 Å². The molecule has 0 saturated carbocycles. The molecule has 0 saturated heterocycles. The molecule has 1 atom stereocenters. The first-order chi connectivity index (χ1) is 14.6. The summed E-state index contributed by atoms with van der Waals surface area (Å²) < 4.78 is 11.8. The number of anilines is 1. The summed E-state index contributed by atoms with van der Waals surface area (Å²) in [5.41, 5.74) is 2.96. The molecule has 156 valence electrons. The fourth-order valence-corrected chi connectivity index (χ4v) is 3.86. The third-order valence-electron chi connectivity index (χ3n) is 4.45. The van der Waals surface area contributed by atoms with Crippen LogP contribution in [0.4, 0.5) is 5.13 Å². The lowest BCUT2D eigenvalue weighted by molar-refractivity contribution is -0.156. The highest BCUT2D eigenvalue weighted by atomic mass is 32.1. The average Bonchev–Trinajstić information content (AvgIpc) is 3.19. The number of para-hydroxylation sites is 1. The zero-order chi connectivity index (χ0) is 21.3. The number of rotatable bonds is 8. The monoisotopic (exact) mass is 422 g/mol. The maximum atomic E-state index is 12.0. The quantitative estimate of drug-likeness (QED) is 0.400. The van der Waals surface area contributed by atoms with Crippen molar-refractivity contribution in [1.82, 2.24) is 4.98 Å². The second-order valence-electron chi connectivity index (χ2n) is 6.72. The van der Waals surface area contributed by atoms with E-state index in [4.69, 9.17) is 9.47 Å². The second kappa shape index (κ2) is 10.8. The summed E-state index contributed by atoms with van der Waals surface area (Å²) in [5.74, 6) is 6.08. The van der Waals surface area contributed by atoms with E-state index < -0.39 is 6.10 Å². The minimum Gasteiger partial charge on any atom is -0.464 e. The average molecular weight is 423 g/mol. The SMILES string of the molecule is CCOC(=O)C(Cc1ccc(C#CCN(C)c2nc3ccccc3s2)cc1)OCC. The molecule has 5 nitrogen and oxygen atoms in total. The van der Waals surface area contributed by atoms with Gasteiger partial charge in [0.25, 0.3) is 0 Å². The minimum absolute atomic E-state index is 0.318. The Morgan fingerprint density at radius 3 is 2.60 bits per heavy atom. The van der Waals surface area contributed by atoms with Crippen LogP contribution < -0.4 is 4.90 Å². The van der Waals surface area contributed by atoms with Crippen molar-refractivity contribution in [3.05, 3.63) is 59.7 Å². The van der Waals surface area contributed by atoms with Gasteiger partial charge in [0.2, 0.25) is 0 Å². The van der Waals surface area contributed by atoms with Gasteiger partial charge < -0.3 is 14.4 Å². The molecule has 1 aromatic heterocycles. The molecule has 0 spiro atoms. The van der Waals surface area contributed by atoms with Gasteiger partial charge >= 0.3 is 5.97 Å². The van der Waals surface area contributed by atoms with Crippen LogP contribution in [0.2, 0.25) is 0 Å². The first kappa shape index (κ1) is 21.8. The molecule has 3 aromatic rings. The molecule has 1 unspecified atom stereocenters. The van der Waals surface area contributed by atoms with Crippen LogP contribution in [0.1, 0.15) is 25.0 Å². The molecular weight excluding hydrogens is 396 g/mol. The Hall–Kier alpha value is -2.88. The number of esters is 1. The van der Waals surface area contributed by atoms with Crippen molar-refractivity contribution in [3.63, 3.8) is 0 Å². The van der Waals surface area contributed by atoms with E-state index >= 15 is 0 Å². The third kappa shape index (κ3) is 5.82. The molecule has 1 heterocycles. The summed E-state index contributed by atoms with van der Waals surface area (Å²) in [6.07, 6.45) is -0.0879. The number of fused-ring (bicyclic) bond motifs is 1. The molecule has 0 fully saturated rings. The molecule has 0 radical (unpaired) electrons. The maximum absolute atomic E-state index is 12.0. The fraction of sp³-hybridized carbons (Fsp3) is 0.333. The Morgan fingerprint density at radius 1 is 1.13 bits per heavy atom. The van der Waals surface area contributed by atoms with Gasteiger partial charge in [-0.1, -0.05) is 47.4 Å². The van der Waals surface area contributed by atoms with Crippen molar-refractivity contribution >= 4 is 32.7 Å². The molecule has 30 heavy (non-hydrogen) atoms. The summed E-state index contributed by atoms with van der Waals surface area (Å²) in [7, 11) is 2.00. The highest BCUT2D eigenvalue weighted by Gasteiger charge is 2.20. The van der Waals surface area contributed by atoms with Gasteiger partial charge in [-0.25, -0.2) is 9.78 Å². The Kier molecular flexibility index (Phi) is 7.83. The normalized spacial score (nSPS) is 11.6. The smallest absolute Gasteiger partial charge is 0.335 e. The number of thiazole rings is 1. The van der Waals surface area contributed by atoms with E-state index in [9.17, 15) is 4.79 Å². The van der Waals surface area contributed by atoms with E-state index in [0.29, 0.717) is 26.2 Å². The highest BCUT2D eigenvalue weighted by molar-refractivity contribution is 7.22. The van der Waals surface area contributed by atoms with E-state index in [-0.39, 0.29) is 5.97 Å². The van der Waals surface area contributed by atoms with E-state index in [0.717, 1.165) is 21.8 Å². The van der Waals surface area contributed by atoms with E-state index in [1.54, 1.807) is 18.3 Å². The Morgan fingerprint density at radius 2 is 1.90 bits per heavy atom. The van der Waals surface area contributed by atoms with Gasteiger partial charge in [0.05, 0.1) is 23.4 Å². The molecule has 0 aliphatic rings. The summed E-state index contributed by atoms with van der Waals surface area (Å²) in [4.78, 5) is 18.7. The van der Waals surface area contributed by atoms with Gasteiger partial charge in [0, 0.05) is 25.6 Å². The van der Waals surface area contributed by atoms with Gasteiger partial charge in [-0.2, -0.15) is 0 Å². The maximum Gasteiger partial charge on any atom is 0.335 e. The highest BCUT2D eigenvalue weighted by Crippen LogP contribution is 2.27. The zero-order valence-electron chi connectivity index (χ0n) is 17.6. The van der Waals surface area contributed by atoms with Crippen molar-refractivity contribution in [2.24, 2.45) is 0 Å². The molecule has 0 aliphatic carbocycles. The van der Waals surface area contributed by atoms with E-state index in [1.807, 2.05) is 56.4 Å². The van der Waals surface area contributed by atoms with Crippen molar-refractivity contribution < 1.29 is 14.3 Å². The molecule has 2 aromatic carbocycles. The number of hydrogen-bond donors (Lipinski definition) is 0. The summed E-state index contributed by atoms with van der Waals surface area (Å²) in [5, 5.41) is 0.960.